The molecule has 0 fully saturated rings. The molecule has 0 saturated carbocycles. The van der Waals surface area contributed by atoms with Crippen molar-refractivity contribution in [2.45, 2.75) is 6.04 Å². The average Bonchev–Trinajstić information content (AvgIpc) is 2.16. The van der Waals surface area contributed by atoms with Crippen molar-refractivity contribution in [2.24, 2.45) is 5.73 Å². The zero-order chi connectivity index (χ0) is 11.6. The van der Waals surface area contributed by atoms with Gasteiger partial charge in [0.2, 0.25) is 0 Å². The fourth-order valence-corrected chi connectivity index (χ4v) is 1.10. The molecule has 1 aromatic carbocycles. The van der Waals surface area contributed by atoms with Crippen LogP contribution < -0.4 is 11.5 Å². The van der Waals surface area contributed by atoms with Gasteiger partial charge in [-0.25, -0.2) is 4.79 Å². The van der Waals surface area contributed by atoms with Gasteiger partial charge in [-0.3, -0.25) is 4.79 Å². The van der Waals surface area contributed by atoms with Crippen LogP contribution in [0.4, 0.5) is 5.69 Å². The number of nitrogens with two attached hydrogens (primary N) is 2. The van der Waals surface area contributed by atoms with E-state index in [0.717, 1.165) is 6.07 Å². The largest absolute Gasteiger partial charge is 0.480 e. The third kappa shape index (κ3) is 2.23. The number of hydrogen-bond donors (Lipinski definition) is 4. The molecule has 6 N–H and O–H groups in total. The van der Waals surface area contributed by atoms with Crippen molar-refractivity contribution in [3.8, 4) is 0 Å². The second kappa shape index (κ2) is 3.97. The number of hydrogen-bond acceptors (Lipinski definition) is 4. The molecular weight excluding hydrogens is 200 g/mol. The van der Waals surface area contributed by atoms with Crippen LogP contribution in [-0.4, -0.2) is 22.2 Å². The lowest BCUT2D eigenvalue weighted by atomic mass is 10.0. The van der Waals surface area contributed by atoms with Crippen LogP contribution in [0.5, 0.6) is 0 Å². The van der Waals surface area contributed by atoms with Crippen LogP contribution in [0.25, 0.3) is 0 Å². The first-order valence-corrected chi connectivity index (χ1v) is 4.04. The number of carboxylic acids is 2. The van der Waals surface area contributed by atoms with Gasteiger partial charge in [0.1, 0.15) is 6.04 Å². The molecule has 0 aliphatic heterocycles. The quantitative estimate of drug-likeness (QED) is 0.522. The molecular formula is C9H10N2O4. The molecule has 0 bridgehead atoms. The number of carboxylic acid groups (broad SMARTS) is 2. The van der Waals surface area contributed by atoms with Gasteiger partial charge in [0.15, 0.2) is 0 Å². The Morgan fingerprint density at radius 1 is 1.27 bits per heavy atom. The number of benzene rings is 1. The number of nitrogen functional groups attached to an aromatic ring is 1. The van der Waals surface area contributed by atoms with Crippen molar-refractivity contribution in [2.75, 3.05) is 5.73 Å². The summed E-state index contributed by atoms with van der Waals surface area (Å²) in [5, 5.41) is 17.4. The summed E-state index contributed by atoms with van der Waals surface area (Å²) in [4.78, 5) is 21.3. The minimum atomic E-state index is -1.25. The van der Waals surface area contributed by atoms with Crippen molar-refractivity contribution < 1.29 is 19.8 Å². The standard InChI is InChI=1S/C9H10N2O4/c10-6-2-1-4(7(11)9(14)15)3-5(6)8(12)13/h1-3,7H,10-11H2,(H,12,13)(H,14,15)/t7-/m0/s1. The van der Waals surface area contributed by atoms with Gasteiger partial charge in [0, 0.05) is 5.69 Å². The van der Waals surface area contributed by atoms with Crippen LogP contribution in [0.15, 0.2) is 18.2 Å². The lowest BCUT2D eigenvalue weighted by Gasteiger charge is -2.08. The normalized spacial score (nSPS) is 12.1. The van der Waals surface area contributed by atoms with Gasteiger partial charge < -0.3 is 21.7 Å². The van der Waals surface area contributed by atoms with E-state index in [1.807, 2.05) is 0 Å². The van der Waals surface area contributed by atoms with Crippen molar-refractivity contribution >= 4 is 17.6 Å². The Hall–Kier alpha value is -2.08. The topological polar surface area (TPSA) is 127 Å². The third-order valence-corrected chi connectivity index (χ3v) is 1.93. The molecule has 0 saturated heterocycles. The Labute approximate surface area is 85.1 Å². The van der Waals surface area contributed by atoms with Crippen LogP contribution in [0, 0.1) is 0 Å². The minimum Gasteiger partial charge on any atom is -0.480 e. The van der Waals surface area contributed by atoms with E-state index in [9.17, 15) is 9.59 Å². The van der Waals surface area contributed by atoms with Crippen LogP contribution in [0.2, 0.25) is 0 Å². The van der Waals surface area contributed by atoms with Gasteiger partial charge >= 0.3 is 11.9 Å². The number of aromatic carboxylic acids is 1. The molecule has 0 aromatic heterocycles. The predicted octanol–water partition coefficient (Wildman–Crippen LogP) is 0.0514. The second-order valence-corrected chi connectivity index (χ2v) is 2.97. The molecule has 0 aliphatic carbocycles. The van der Waals surface area contributed by atoms with Crippen LogP contribution in [-0.2, 0) is 4.79 Å². The summed E-state index contributed by atoms with van der Waals surface area (Å²) in [6.07, 6.45) is 0. The second-order valence-electron chi connectivity index (χ2n) is 2.97. The first-order chi connectivity index (χ1) is 6.93. The molecule has 1 atom stereocenters. The van der Waals surface area contributed by atoms with Gasteiger partial charge in [-0.15, -0.1) is 0 Å². The molecule has 0 radical (unpaired) electrons. The average molecular weight is 210 g/mol. The van der Waals surface area contributed by atoms with Gasteiger partial charge in [0.05, 0.1) is 5.56 Å². The summed E-state index contributed by atoms with van der Waals surface area (Å²) in [7, 11) is 0. The third-order valence-electron chi connectivity index (χ3n) is 1.93. The fraction of sp³-hybridized carbons (Fsp3) is 0.111. The fourth-order valence-electron chi connectivity index (χ4n) is 1.10. The molecule has 6 nitrogen and oxygen atoms in total. The van der Waals surface area contributed by atoms with Crippen molar-refractivity contribution in [3.05, 3.63) is 29.3 Å². The highest BCUT2D eigenvalue weighted by Gasteiger charge is 2.17. The molecule has 0 amide bonds. The van der Waals surface area contributed by atoms with Crippen molar-refractivity contribution in [3.63, 3.8) is 0 Å². The summed E-state index contributed by atoms with van der Waals surface area (Å²) >= 11 is 0. The smallest absolute Gasteiger partial charge is 0.337 e. The van der Waals surface area contributed by atoms with E-state index >= 15 is 0 Å². The molecule has 6 heteroatoms. The van der Waals surface area contributed by atoms with Gasteiger partial charge in [-0.05, 0) is 17.7 Å². The number of rotatable bonds is 3. The highest BCUT2D eigenvalue weighted by atomic mass is 16.4. The Morgan fingerprint density at radius 2 is 1.87 bits per heavy atom. The van der Waals surface area contributed by atoms with Crippen molar-refractivity contribution in [1.82, 2.24) is 0 Å². The molecule has 1 rings (SSSR count). The highest BCUT2D eigenvalue weighted by Crippen LogP contribution is 2.18. The monoisotopic (exact) mass is 210 g/mol. The lowest BCUT2D eigenvalue weighted by Crippen LogP contribution is -2.21. The Morgan fingerprint density at radius 3 is 2.33 bits per heavy atom. The number of aliphatic carboxylic acids is 1. The van der Waals surface area contributed by atoms with Crippen molar-refractivity contribution in [1.29, 1.82) is 0 Å². The van der Waals surface area contributed by atoms with E-state index in [1.165, 1.54) is 12.1 Å². The van der Waals surface area contributed by atoms with Gasteiger partial charge in [-0.1, -0.05) is 6.07 Å². The molecule has 15 heavy (non-hydrogen) atoms. The molecule has 0 spiro atoms. The minimum absolute atomic E-state index is 0.0730. The van der Waals surface area contributed by atoms with Crippen LogP contribution in [0.1, 0.15) is 22.0 Å². The Balaban J connectivity index is 3.18. The SMILES string of the molecule is Nc1ccc([C@H](N)C(=O)O)cc1C(=O)O. The molecule has 0 aliphatic rings. The molecule has 0 heterocycles. The summed E-state index contributed by atoms with van der Waals surface area (Å²) in [5.41, 5.74) is 10.8. The van der Waals surface area contributed by atoms with E-state index < -0.39 is 18.0 Å². The van der Waals surface area contributed by atoms with E-state index in [1.54, 1.807) is 0 Å². The van der Waals surface area contributed by atoms with Crippen LogP contribution in [0.3, 0.4) is 0 Å². The number of carbonyl (C=O) groups is 2. The summed E-state index contributed by atoms with van der Waals surface area (Å²) in [6, 6.07) is 2.63. The van der Waals surface area contributed by atoms with E-state index in [0.29, 0.717) is 0 Å². The van der Waals surface area contributed by atoms with Crippen LogP contribution >= 0.6 is 0 Å². The maximum absolute atomic E-state index is 10.7. The zero-order valence-electron chi connectivity index (χ0n) is 7.68. The Kier molecular flexibility index (Phi) is 2.91. The number of anilines is 1. The Bertz CT molecular complexity index is 417. The zero-order valence-corrected chi connectivity index (χ0v) is 7.68. The first-order valence-electron chi connectivity index (χ1n) is 4.04. The predicted molar refractivity (Wildman–Crippen MR) is 52.4 cm³/mol. The van der Waals surface area contributed by atoms with E-state index in [4.69, 9.17) is 21.7 Å². The lowest BCUT2D eigenvalue weighted by molar-refractivity contribution is -0.138. The van der Waals surface area contributed by atoms with E-state index in [-0.39, 0.29) is 16.8 Å². The summed E-state index contributed by atoms with van der Waals surface area (Å²) < 4.78 is 0. The molecule has 1 aromatic rings. The summed E-state index contributed by atoms with van der Waals surface area (Å²) in [6.45, 7) is 0. The molecule has 80 valence electrons. The molecule has 0 unspecified atom stereocenters. The maximum Gasteiger partial charge on any atom is 0.337 e. The highest BCUT2D eigenvalue weighted by molar-refractivity contribution is 5.94. The van der Waals surface area contributed by atoms with Gasteiger partial charge in [0.25, 0.3) is 0 Å². The first kappa shape index (κ1) is 11.0. The summed E-state index contributed by atoms with van der Waals surface area (Å²) in [5.74, 6) is -2.44. The van der Waals surface area contributed by atoms with E-state index in [2.05, 4.69) is 0 Å². The van der Waals surface area contributed by atoms with Gasteiger partial charge in [-0.2, -0.15) is 0 Å². The maximum atomic E-state index is 10.7.